The van der Waals surface area contributed by atoms with E-state index >= 15 is 0 Å². The van der Waals surface area contributed by atoms with Crippen molar-refractivity contribution >= 4 is 17.7 Å². The maximum Gasteiger partial charge on any atom is 0.248 e. The zero-order valence-electron chi connectivity index (χ0n) is 13.8. The summed E-state index contributed by atoms with van der Waals surface area (Å²) in [6.45, 7) is 1.98. The highest BCUT2D eigenvalue weighted by molar-refractivity contribution is 6.02. The predicted octanol–water partition coefficient (Wildman–Crippen LogP) is 3.95. The molecule has 0 bridgehead atoms. The van der Waals surface area contributed by atoms with E-state index in [4.69, 9.17) is 9.47 Å². The van der Waals surface area contributed by atoms with E-state index in [1.807, 2.05) is 13.0 Å². The standard InChI is InChI=1S/C19H17F2NO3/c1-11-7-13-9-17(24-2)12(8-18(13)25-11)3-6-19(23)22-16-5-4-14(20)10-15(16)21/h3-6,8-11H,7H2,1-2H3,(H,22,23)/b6-3+. The van der Waals surface area contributed by atoms with E-state index in [1.165, 1.54) is 12.1 Å². The van der Waals surface area contributed by atoms with Gasteiger partial charge >= 0.3 is 0 Å². The molecule has 1 N–H and O–H groups in total. The molecule has 1 aliphatic heterocycles. The van der Waals surface area contributed by atoms with Gasteiger partial charge in [-0.15, -0.1) is 0 Å². The van der Waals surface area contributed by atoms with Crippen LogP contribution >= 0.6 is 0 Å². The van der Waals surface area contributed by atoms with Crippen molar-refractivity contribution in [2.24, 2.45) is 0 Å². The molecule has 6 heteroatoms. The zero-order chi connectivity index (χ0) is 18.0. The summed E-state index contributed by atoms with van der Waals surface area (Å²) in [5.74, 6) is -0.698. The van der Waals surface area contributed by atoms with Crippen LogP contribution < -0.4 is 14.8 Å². The summed E-state index contributed by atoms with van der Waals surface area (Å²) >= 11 is 0. The third-order valence-electron chi connectivity index (χ3n) is 3.85. The summed E-state index contributed by atoms with van der Waals surface area (Å²) in [6, 6.07) is 6.64. The van der Waals surface area contributed by atoms with Crippen LogP contribution in [0.15, 0.2) is 36.4 Å². The molecule has 25 heavy (non-hydrogen) atoms. The summed E-state index contributed by atoms with van der Waals surface area (Å²) in [4.78, 5) is 12.0. The van der Waals surface area contributed by atoms with Gasteiger partial charge in [0, 0.05) is 29.7 Å². The summed E-state index contributed by atoms with van der Waals surface area (Å²) < 4.78 is 37.5. The first kappa shape index (κ1) is 17.0. The lowest BCUT2D eigenvalue weighted by Crippen LogP contribution is -2.09. The summed E-state index contributed by atoms with van der Waals surface area (Å²) in [5, 5.41) is 2.37. The number of nitrogens with one attached hydrogen (secondary N) is 1. The maximum atomic E-state index is 13.6. The van der Waals surface area contributed by atoms with Gasteiger partial charge in [0.05, 0.1) is 12.8 Å². The van der Waals surface area contributed by atoms with Gasteiger partial charge in [-0.3, -0.25) is 4.79 Å². The maximum absolute atomic E-state index is 13.6. The molecule has 1 aliphatic rings. The molecule has 0 saturated heterocycles. The Hall–Kier alpha value is -2.89. The average Bonchev–Trinajstić information content (AvgIpc) is 2.93. The molecule has 3 rings (SSSR count). The summed E-state index contributed by atoms with van der Waals surface area (Å²) in [7, 11) is 1.55. The van der Waals surface area contributed by atoms with E-state index in [-0.39, 0.29) is 11.8 Å². The van der Waals surface area contributed by atoms with E-state index in [9.17, 15) is 13.6 Å². The van der Waals surface area contributed by atoms with Gasteiger partial charge in [0.25, 0.3) is 0 Å². The second kappa shape index (κ2) is 6.93. The van der Waals surface area contributed by atoms with Gasteiger partial charge in [-0.25, -0.2) is 8.78 Å². The minimum atomic E-state index is -0.834. The number of methoxy groups -OCH3 is 1. The van der Waals surface area contributed by atoms with Crippen LogP contribution in [0, 0.1) is 11.6 Å². The van der Waals surface area contributed by atoms with Crippen molar-refractivity contribution < 1.29 is 23.0 Å². The Labute approximate surface area is 144 Å². The first-order chi connectivity index (χ1) is 12.0. The second-order valence-electron chi connectivity index (χ2n) is 5.78. The van der Waals surface area contributed by atoms with Crippen molar-refractivity contribution in [3.05, 3.63) is 59.2 Å². The van der Waals surface area contributed by atoms with Crippen molar-refractivity contribution in [1.29, 1.82) is 0 Å². The number of benzene rings is 2. The van der Waals surface area contributed by atoms with E-state index in [0.717, 1.165) is 23.8 Å². The van der Waals surface area contributed by atoms with Gasteiger partial charge in [-0.05, 0) is 37.3 Å². The number of halogens is 2. The molecule has 2 aromatic carbocycles. The second-order valence-corrected chi connectivity index (χ2v) is 5.78. The van der Waals surface area contributed by atoms with Gasteiger partial charge in [-0.2, -0.15) is 0 Å². The molecule has 0 spiro atoms. The molecule has 1 unspecified atom stereocenters. The van der Waals surface area contributed by atoms with Crippen molar-refractivity contribution in [1.82, 2.24) is 0 Å². The number of anilines is 1. The molecule has 2 aromatic rings. The normalized spacial score (nSPS) is 15.8. The minimum Gasteiger partial charge on any atom is -0.496 e. The van der Waals surface area contributed by atoms with Gasteiger partial charge < -0.3 is 14.8 Å². The number of amides is 1. The Kier molecular flexibility index (Phi) is 4.70. The third kappa shape index (κ3) is 3.79. The molecular formula is C19H17F2NO3. The molecule has 1 atom stereocenters. The van der Waals surface area contributed by atoms with E-state index in [1.54, 1.807) is 19.3 Å². The molecule has 1 amide bonds. The Balaban J connectivity index is 1.77. The highest BCUT2D eigenvalue weighted by Crippen LogP contribution is 2.35. The molecule has 1 heterocycles. The lowest BCUT2D eigenvalue weighted by Gasteiger charge is -2.08. The topological polar surface area (TPSA) is 47.6 Å². The minimum absolute atomic E-state index is 0.0888. The van der Waals surface area contributed by atoms with Crippen LogP contribution in [0.5, 0.6) is 11.5 Å². The molecule has 0 radical (unpaired) electrons. The Morgan fingerprint density at radius 3 is 2.84 bits per heavy atom. The first-order valence-corrected chi connectivity index (χ1v) is 7.78. The highest BCUT2D eigenvalue weighted by atomic mass is 19.1. The van der Waals surface area contributed by atoms with Crippen LogP contribution in [0.3, 0.4) is 0 Å². The molecule has 130 valence electrons. The molecule has 0 aromatic heterocycles. The fourth-order valence-electron chi connectivity index (χ4n) is 2.69. The van der Waals surface area contributed by atoms with Crippen molar-refractivity contribution in [3.63, 3.8) is 0 Å². The quantitative estimate of drug-likeness (QED) is 0.854. The average molecular weight is 345 g/mol. The number of fused-ring (bicyclic) bond motifs is 1. The molecular weight excluding hydrogens is 328 g/mol. The predicted molar refractivity (Wildman–Crippen MR) is 90.8 cm³/mol. The van der Waals surface area contributed by atoms with Crippen molar-refractivity contribution in [2.75, 3.05) is 12.4 Å². The molecule has 0 fully saturated rings. The Bertz CT molecular complexity index is 849. The van der Waals surface area contributed by atoms with Crippen LogP contribution in [0.1, 0.15) is 18.1 Å². The lowest BCUT2D eigenvalue weighted by atomic mass is 10.1. The SMILES string of the molecule is COc1cc2c(cc1/C=C/C(=O)Nc1ccc(F)cc1F)OC(C)C2. The molecule has 0 aliphatic carbocycles. The van der Waals surface area contributed by atoms with Crippen LogP contribution in [0.25, 0.3) is 6.08 Å². The highest BCUT2D eigenvalue weighted by Gasteiger charge is 2.21. The van der Waals surface area contributed by atoms with Gasteiger partial charge in [0.2, 0.25) is 5.91 Å². The van der Waals surface area contributed by atoms with Gasteiger partial charge in [0.15, 0.2) is 0 Å². The number of carbonyl (C=O) groups excluding carboxylic acids is 1. The van der Waals surface area contributed by atoms with E-state index in [2.05, 4.69) is 5.32 Å². The number of hydrogen-bond donors (Lipinski definition) is 1. The zero-order valence-corrected chi connectivity index (χ0v) is 13.8. The Morgan fingerprint density at radius 2 is 2.12 bits per heavy atom. The van der Waals surface area contributed by atoms with Crippen molar-refractivity contribution in [3.8, 4) is 11.5 Å². The number of carbonyl (C=O) groups is 1. The molecule has 4 nitrogen and oxygen atoms in total. The number of rotatable bonds is 4. The summed E-state index contributed by atoms with van der Waals surface area (Å²) in [5.41, 5.74) is 1.64. The smallest absolute Gasteiger partial charge is 0.248 e. The van der Waals surface area contributed by atoms with Gasteiger partial charge in [-0.1, -0.05) is 0 Å². The first-order valence-electron chi connectivity index (χ1n) is 7.78. The number of hydrogen-bond acceptors (Lipinski definition) is 3. The van der Waals surface area contributed by atoms with Crippen LogP contribution in [0.4, 0.5) is 14.5 Å². The fourth-order valence-corrected chi connectivity index (χ4v) is 2.69. The lowest BCUT2D eigenvalue weighted by molar-refractivity contribution is -0.111. The molecule has 0 saturated carbocycles. The van der Waals surface area contributed by atoms with Crippen LogP contribution in [-0.2, 0) is 11.2 Å². The Morgan fingerprint density at radius 1 is 1.32 bits per heavy atom. The largest absolute Gasteiger partial charge is 0.496 e. The van der Waals surface area contributed by atoms with Crippen LogP contribution in [0.2, 0.25) is 0 Å². The monoisotopic (exact) mass is 345 g/mol. The van der Waals surface area contributed by atoms with E-state index in [0.29, 0.717) is 17.4 Å². The number of ether oxygens (including phenoxy) is 2. The fraction of sp³-hybridized carbons (Fsp3) is 0.211. The van der Waals surface area contributed by atoms with E-state index < -0.39 is 17.5 Å². The van der Waals surface area contributed by atoms with Crippen molar-refractivity contribution in [2.45, 2.75) is 19.4 Å². The van der Waals surface area contributed by atoms with Crippen LogP contribution in [-0.4, -0.2) is 19.1 Å². The third-order valence-corrected chi connectivity index (χ3v) is 3.85. The summed E-state index contributed by atoms with van der Waals surface area (Å²) in [6.07, 6.45) is 3.72. The van der Waals surface area contributed by atoms with Gasteiger partial charge in [0.1, 0.15) is 29.2 Å².